The van der Waals surface area contributed by atoms with Crippen molar-refractivity contribution in [1.82, 2.24) is 5.43 Å². The molecule has 0 aliphatic rings. The normalized spacial score (nSPS) is 10.6. The number of amides is 2. The molecule has 2 amide bonds. The first kappa shape index (κ1) is 21.2. The number of nitrogens with zero attached hydrogens (tertiary/aromatic N) is 1. The molecule has 8 heteroatoms. The molecule has 7 nitrogen and oxygen atoms in total. The van der Waals surface area contributed by atoms with Crippen LogP contribution in [0.5, 0.6) is 11.5 Å². The van der Waals surface area contributed by atoms with Crippen molar-refractivity contribution in [3.63, 3.8) is 0 Å². The first-order valence-electron chi connectivity index (χ1n) is 8.53. The molecule has 2 rings (SSSR count). The Hall–Kier alpha value is -3.06. The van der Waals surface area contributed by atoms with Crippen LogP contribution in [0, 0.1) is 6.92 Å². The first-order valence-corrected chi connectivity index (χ1v) is 8.91. The fraction of sp³-hybridized carbons (Fsp3) is 0.250. The molecule has 0 aliphatic carbocycles. The molecule has 2 aromatic carbocycles. The van der Waals surface area contributed by atoms with E-state index in [0.29, 0.717) is 27.8 Å². The number of hydrogen-bond acceptors (Lipinski definition) is 5. The summed E-state index contributed by atoms with van der Waals surface area (Å²) in [5, 5.41) is 7.22. The van der Waals surface area contributed by atoms with Crippen LogP contribution >= 0.6 is 11.6 Å². The topological polar surface area (TPSA) is 89.0 Å². The van der Waals surface area contributed by atoms with E-state index >= 15 is 0 Å². The molecule has 0 aromatic heterocycles. The van der Waals surface area contributed by atoms with Gasteiger partial charge in [-0.25, -0.2) is 5.43 Å². The monoisotopic (exact) mass is 403 g/mol. The van der Waals surface area contributed by atoms with Gasteiger partial charge in [0, 0.05) is 29.1 Å². The van der Waals surface area contributed by atoms with Crippen molar-refractivity contribution >= 4 is 35.3 Å². The third-order valence-electron chi connectivity index (χ3n) is 3.95. The summed E-state index contributed by atoms with van der Waals surface area (Å²) >= 11 is 6.03. The smallest absolute Gasteiger partial charge is 0.240 e. The van der Waals surface area contributed by atoms with E-state index in [0.717, 1.165) is 5.56 Å². The summed E-state index contributed by atoms with van der Waals surface area (Å²) < 4.78 is 10.4. The number of hydrazone groups is 1. The summed E-state index contributed by atoms with van der Waals surface area (Å²) in [6, 6.07) is 10.5. The minimum absolute atomic E-state index is 0.00195. The highest BCUT2D eigenvalue weighted by atomic mass is 35.5. The number of methoxy groups -OCH3 is 2. The van der Waals surface area contributed by atoms with E-state index in [4.69, 9.17) is 21.1 Å². The number of halogens is 1. The lowest BCUT2D eigenvalue weighted by Crippen LogP contribution is -2.21. The van der Waals surface area contributed by atoms with Gasteiger partial charge in [-0.1, -0.05) is 17.7 Å². The minimum atomic E-state index is -0.379. The van der Waals surface area contributed by atoms with Crippen LogP contribution < -0.4 is 20.2 Å². The van der Waals surface area contributed by atoms with Gasteiger partial charge < -0.3 is 14.8 Å². The Kier molecular flexibility index (Phi) is 7.83. The molecule has 0 fully saturated rings. The van der Waals surface area contributed by atoms with Crippen molar-refractivity contribution < 1.29 is 19.1 Å². The summed E-state index contributed by atoms with van der Waals surface area (Å²) in [6.45, 7) is 1.81. The first-order chi connectivity index (χ1) is 13.4. The van der Waals surface area contributed by atoms with Crippen molar-refractivity contribution in [3.05, 3.63) is 52.5 Å². The molecule has 2 N–H and O–H groups in total. The summed E-state index contributed by atoms with van der Waals surface area (Å²) in [7, 11) is 3.10. The summed E-state index contributed by atoms with van der Waals surface area (Å²) in [5.41, 5.74) is 4.44. The molecule has 0 heterocycles. The number of nitrogens with one attached hydrogen (secondary N) is 2. The highest BCUT2D eigenvalue weighted by molar-refractivity contribution is 6.31. The van der Waals surface area contributed by atoms with Crippen molar-refractivity contribution in [2.24, 2.45) is 5.10 Å². The van der Waals surface area contributed by atoms with Crippen molar-refractivity contribution in [3.8, 4) is 11.5 Å². The predicted molar refractivity (Wildman–Crippen MR) is 109 cm³/mol. The van der Waals surface area contributed by atoms with Crippen molar-refractivity contribution in [2.75, 3.05) is 19.5 Å². The zero-order chi connectivity index (χ0) is 20.5. The summed E-state index contributed by atoms with van der Waals surface area (Å²) in [4.78, 5) is 23.9. The van der Waals surface area contributed by atoms with Crippen molar-refractivity contribution in [1.29, 1.82) is 0 Å². The van der Waals surface area contributed by atoms with E-state index in [-0.39, 0.29) is 24.7 Å². The molecule has 0 radical (unpaired) electrons. The summed E-state index contributed by atoms with van der Waals surface area (Å²) in [5.74, 6) is 0.576. The Bertz CT molecular complexity index is 884. The number of carbonyl (C=O) groups is 2. The molecule has 28 heavy (non-hydrogen) atoms. The number of anilines is 1. The standard InChI is InChI=1S/C20H22ClN3O4/c1-13-16(21)5-4-6-17(13)23-19(25)9-10-20(26)24-22-12-14-11-15(27-2)7-8-18(14)28-3/h4-8,11-12H,9-10H2,1-3H3,(H,23,25)(H,24,26). The molecule has 0 atom stereocenters. The van der Waals surface area contributed by atoms with Gasteiger partial charge in [-0.3, -0.25) is 9.59 Å². The maximum Gasteiger partial charge on any atom is 0.240 e. The molecule has 0 saturated carbocycles. The second-order valence-corrected chi connectivity index (χ2v) is 6.27. The Morgan fingerprint density at radius 1 is 1.11 bits per heavy atom. The number of carbonyl (C=O) groups excluding carboxylic acids is 2. The molecule has 2 aromatic rings. The van der Waals surface area contributed by atoms with E-state index < -0.39 is 0 Å². The largest absolute Gasteiger partial charge is 0.497 e. The Morgan fingerprint density at radius 2 is 1.86 bits per heavy atom. The van der Waals surface area contributed by atoms with Crippen molar-refractivity contribution in [2.45, 2.75) is 19.8 Å². The minimum Gasteiger partial charge on any atom is -0.497 e. The van der Waals surface area contributed by atoms with Gasteiger partial charge in [-0.05, 0) is 42.8 Å². The van der Waals surface area contributed by atoms with Gasteiger partial charge in [-0.2, -0.15) is 5.10 Å². The Balaban J connectivity index is 1.85. The fourth-order valence-electron chi connectivity index (χ4n) is 2.35. The molecule has 0 bridgehead atoms. The zero-order valence-electron chi connectivity index (χ0n) is 15.9. The second kappa shape index (κ2) is 10.3. The van der Waals surface area contributed by atoms with Gasteiger partial charge in [0.15, 0.2) is 0 Å². The zero-order valence-corrected chi connectivity index (χ0v) is 16.7. The van der Waals surface area contributed by atoms with Crippen LogP contribution in [0.3, 0.4) is 0 Å². The average Bonchev–Trinajstić information content (AvgIpc) is 2.69. The SMILES string of the molecule is COc1ccc(OC)c(C=NNC(=O)CCC(=O)Nc2cccc(Cl)c2C)c1. The van der Waals surface area contributed by atoms with E-state index in [9.17, 15) is 9.59 Å². The maximum absolute atomic E-state index is 12.0. The van der Waals surface area contributed by atoms with E-state index in [1.807, 2.05) is 6.92 Å². The van der Waals surface area contributed by atoms with Crippen LogP contribution in [0.2, 0.25) is 5.02 Å². The number of hydrogen-bond donors (Lipinski definition) is 2. The highest BCUT2D eigenvalue weighted by Gasteiger charge is 2.09. The number of benzene rings is 2. The van der Waals surface area contributed by atoms with Crippen LogP contribution in [0.15, 0.2) is 41.5 Å². The van der Waals surface area contributed by atoms with Gasteiger partial charge in [0.2, 0.25) is 11.8 Å². The lowest BCUT2D eigenvalue weighted by atomic mass is 10.2. The van der Waals surface area contributed by atoms with Gasteiger partial charge in [-0.15, -0.1) is 0 Å². The van der Waals surface area contributed by atoms with Crippen LogP contribution in [-0.2, 0) is 9.59 Å². The Morgan fingerprint density at radius 3 is 2.57 bits per heavy atom. The summed E-state index contributed by atoms with van der Waals surface area (Å²) in [6.07, 6.45) is 1.47. The number of rotatable bonds is 8. The van der Waals surface area contributed by atoms with E-state index in [1.54, 1.807) is 43.5 Å². The van der Waals surface area contributed by atoms with Gasteiger partial charge in [0.1, 0.15) is 11.5 Å². The third-order valence-corrected chi connectivity index (χ3v) is 4.36. The quantitative estimate of drug-likeness (QED) is 0.521. The van der Waals surface area contributed by atoms with Gasteiger partial charge >= 0.3 is 0 Å². The molecular formula is C20H22ClN3O4. The predicted octanol–water partition coefficient (Wildman–Crippen LogP) is 3.53. The van der Waals surface area contributed by atoms with Crippen LogP contribution in [-0.4, -0.2) is 32.2 Å². The highest BCUT2D eigenvalue weighted by Crippen LogP contribution is 2.23. The average molecular weight is 404 g/mol. The fourth-order valence-corrected chi connectivity index (χ4v) is 2.53. The number of ether oxygens (including phenoxy) is 2. The lowest BCUT2D eigenvalue weighted by Gasteiger charge is -2.09. The lowest BCUT2D eigenvalue weighted by molar-refractivity contribution is -0.124. The molecular weight excluding hydrogens is 382 g/mol. The molecule has 0 spiro atoms. The molecule has 0 aliphatic heterocycles. The van der Waals surface area contributed by atoms with Gasteiger partial charge in [0.25, 0.3) is 0 Å². The van der Waals surface area contributed by atoms with Crippen LogP contribution in [0.4, 0.5) is 5.69 Å². The Labute approximate surface area is 168 Å². The van der Waals surface area contributed by atoms with E-state index in [2.05, 4.69) is 15.8 Å². The van der Waals surface area contributed by atoms with Crippen LogP contribution in [0.1, 0.15) is 24.0 Å². The van der Waals surface area contributed by atoms with Crippen LogP contribution in [0.25, 0.3) is 0 Å². The molecule has 148 valence electrons. The maximum atomic E-state index is 12.0. The second-order valence-electron chi connectivity index (χ2n) is 5.86. The molecule has 0 saturated heterocycles. The third kappa shape index (κ3) is 5.99. The molecule has 0 unspecified atom stereocenters. The van der Waals surface area contributed by atoms with E-state index in [1.165, 1.54) is 13.3 Å². The van der Waals surface area contributed by atoms with Gasteiger partial charge in [0.05, 0.1) is 20.4 Å².